The first-order valence-corrected chi connectivity index (χ1v) is 3.66. The highest BCUT2D eigenvalue weighted by Crippen LogP contribution is 2.43. The highest BCUT2D eigenvalue weighted by molar-refractivity contribution is 6.28. The molecule has 1 aromatic heterocycles. The molecule has 0 radical (unpaired) electrons. The Bertz CT molecular complexity index is 251. The molecule has 1 aromatic rings. The van der Waals surface area contributed by atoms with Crippen LogP contribution < -0.4 is 0 Å². The molecule has 4 heteroatoms. The van der Waals surface area contributed by atoms with Crippen LogP contribution in [-0.2, 0) is 5.54 Å². The second kappa shape index (κ2) is 1.72. The first kappa shape index (κ1) is 6.16. The lowest BCUT2D eigenvalue weighted by Crippen LogP contribution is -2.10. The zero-order valence-corrected chi connectivity index (χ0v) is 6.47. The molecule has 10 heavy (non-hydrogen) atoms. The van der Waals surface area contributed by atoms with Crippen molar-refractivity contribution < 1.29 is 0 Å². The standard InChI is InChI=1S/C6H8ClN3/c1-6(2-3-6)10-4-8-9-5(10)7/h4H,2-3H2,1H3. The fourth-order valence-corrected chi connectivity index (χ4v) is 1.30. The molecule has 0 saturated heterocycles. The third-order valence-corrected chi connectivity index (χ3v) is 2.32. The maximum atomic E-state index is 5.75. The van der Waals surface area contributed by atoms with Gasteiger partial charge >= 0.3 is 0 Å². The lowest BCUT2D eigenvalue weighted by atomic mass is 10.3. The molecule has 0 amide bonds. The molecule has 0 unspecified atom stereocenters. The van der Waals surface area contributed by atoms with Crippen molar-refractivity contribution in [3.63, 3.8) is 0 Å². The van der Waals surface area contributed by atoms with Gasteiger partial charge in [0.2, 0.25) is 5.28 Å². The fraction of sp³-hybridized carbons (Fsp3) is 0.667. The van der Waals surface area contributed by atoms with E-state index in [1.165, 1.54) is 12.8 Å². The minimum absolute atomic E-state index is 0.223. The van der Waals surface area contributed by atoms with E-state index in [9.17, 15) is 0 Å². The monoisotopic (exact) mass is 157 g/mol. The second-order valence-electron chi connectivity index (χ2n) is 2.97. The highest BCUT2D eigenvalue weighted by atomic mass is 35.5. The van der Waals surface area contributed by atoms with Crippen LogP contribution >= 0.6 is 11.6 Å². The number of halogens is 1. The van der Waals surface area contributed by atoms with Gasteiger partial charge in [-0.05, 0) is 31.4 Å². The maximum Gasteiger partial charge on any atom is 0.225 e. The van der Waals surface area contributed by atoms with E-state index in [4.69, 9.17) is 11.6 Å². The van der Waals surface area contributed by atoms with Crippen molar-refractivity contribution in [1.29, 1.82) is 0 Å². The molecule has 54 valence electrons. The largest absolute Gasteiger partial charge is 0.298 e. The molecule has 1 heterocycles. The molecular formula is C6H8ClN3. The Morgan fingerprint density at radius 2 is 2.40 bits per heavy atom. The van der Waals surface area contributed by atoms with Crippen molar-refractivity contribution in [2.45, 2.75) is 25.3 Å². The predicted octanol–water partition coefficient (Wildman–Crippen LogP) is 1.44. The zero-order valence-electron chi connectivity index (χ0n) is 5.71. The lowest BCUT2D eigenvalue weighted by Gasteiger charge is -2.08. The summed E-state index contributed by atoms with van der Waals surface area (Å²) >= 11 is 5.75. The van der Waals surface area contributed by atoms with Gasteiger partial charge in [0.15, 0.2) is 0 Å². The maximum absolute atomic E-state index is 5.75. The summed E-state index contributed by atoms with van der Waals surface area (Å²) in [5, 5.41) is 7.91. The Labute approximate surface area is 64.0 Å². The van der Waals surface area contributed by atoms with E-state index < -0.39 is 0 Å². The quantitative estimate of drug-likeness (QED) is 0.618. The Kier molecular flexibility index (Phi) is 1.06. The fourth-order valence-electron chi connectivity index (χ4n) is 1.00. The van der Waals surface area contributed by atoms with Gasteiger partial charge in [0.25, 0.3) is 0 Å². The summed E-state index contributed by atoms with van der Waals surface area (Å²) in [4.78, 5) is 0. The minimum Gasteiger partial charge on any atom is -0.298 e. The van der Waals surface area contributed by atoms with Crippen LogP contribution in [0.4, 0.5) is 0 Å². The van der Waals surface area contributed by atoms with Gasteiger partial charge in [-0.25, -0.2) is 0 Å². The topological polar surface area (TPSA) is 30.7 Å². The Hall–Kier alpha value is -0.570. The van der Waals surface area contributed by atoms with E-state index in [-0.39, 0.29) is 5.54 Å². The van der Waals surface area contributed by atoms with Crippen molar-refractivity contribution >= 4 is 11.6 Å². The second-order valence-corrected chi connectivity index (χ2v) is 3.30. The van der Waals surface area contributed by atoms with Crippen LogP contribution in [0.15, 0.2) is 6.33 Å². The van der Waals surface area contributed by atoms with Crippen LogP contribution in [-0.4, -0.2) is 14.8 Å². The van der Waals surface area contributed by atoms with E-state index >= 15 is 0 Å². The molecular weight excluding hydrogens is 150 g/mol. The van der Waals surface area contributed by atoms with E-state index in [1.54, 1.807) is 6.33 Å². The van der Waals surface area contributed by atoms with E-state index in [0.717, 1.165) is 0 Å². The molecule has 1 saturated carbocycles. The van der Waals surface area contributed by atoms with Gasteiger partial charge in [-0.15, -0.1) is 10.2 Å². The molecule has 3 nitrogen and oxygen atoms in total. The highest BCUT2D eigenvalue weighted by Gasteiger charge is 2.40. The number of aromatic nitrogens is 3. The molecule has 0 atom stereocenters. The molecule has 0 aromatic carbocycles. The summed E-state index contributed by atoms with van der Waals surface area (Å²) in [5.41, 5.74) is 0.223. The number of rotatable bonds is 1. The summed E-state index contributed by atoms with van der Waals surface area (Å²) in [6.45, 7) is 2.15. The van der Waals surface area contributed by atoms with Crippen LogP contribution in [0.25, 0.3) is 0 Å². The summed E-state index contributed by atoms with van der Waals surface area (Å²) in [5.74, 6) is 0. The van der Waals surface area contributed by atoms with Gasteiger partial charge in [0.05, 0.1) is 0 Å². The zero-order chi connectivity index (χ0) is 7.19. The van der Waals surface area contributed by atoms with Crippen LogP contribution in [0.3, 0.4) is 0 Å². The lowest BCUT2D eigenvalue weighted by molar-refractivity contribution is 0.531. The number of hydrogen-bond acceptors (Lipinski definition) is 2. The molecule has 0 aliphatic heterocycles. The van der Waals surface area contributed by atoms with Crippen molar-refractivity contribution in [2.24, 2.45) is 0 Å². The summed E-state index contributed by atoms with van der Waals surface area (Å²) in [6, 6.07) is 0. The Morgan fingerprint density at radius 1 is 1.70 bits per heavy atom. The summed E-state index contributed by atoms with van der Waals surface area (Å²) in [7, 11) is 0. The summed E-state index contributed by atoms with van der Waals surface area (Å²) in [6.07, 6.45) is 4.06. The third kappa shape index (κ3) is 0.736. The molecule has 1 aliphatic carbocycles. The molecule has 2 rings (SSSR count). The molecule has 1 fully saturated rings. The van der Waals surface area contributed by atoms with Gasteiger partial charge in [-0.1, -0.05) is 0 Å². The van der Waals surface area contributed by atoms with Crippen LogP contribution in [0.1, 0.15) is 19.8 Å². The van der Waals surface area contributed by atoms with Crippen LogP contribution in [0.5, 0.6) is 0 Å². The summed E-state index contributed by atoms with van der Waals surface area (Å²) < 4.78 is 1.93. The normalized spacial score (nSPS) is 21.0. The molecule has 0 bridgehead atoms. The smallest absolute Gasteiger partial charge is 0.225 e. The van der Waals surface area contributed by atoms with E-state index in [1.807, 2.05) is 4.57 Å². The van der Waals surface area contributed by atoms with Gasteiger partial charge in [0, 0.05) is 5.54 Å². The van der Waals surface area contributed by atoms with Crippen LogP contribution in [0.2, 0.25) is 5.28 Å². The molecule has 1 aliphatic rings. The average molecular weight is 158 g/mol. The third-order valence-electron chi connectivity index (χ3n) is 2.06. The number of hydrogen-bond donors (Lipinski definition) is 0. The van der Waals surface area contributed by atoms with Crippen molar-refractivity contribution in [2.75, 3.05) is 0 Å². The van der Waals surface area contributed by atoms with Gasteiger partial charge in [-0.3, -0.25) is 4.57 Å². The molecule has 0 spiro atoms. The first-order chi connectivity index (χ1) is 4.72. The average Bonchev–Trinajstić information content (AvgIpc) is 2.44. The van der Waals surface area contributed by atoms with E-state index in [0.29, 0.717) is 5.28 Å². The minimum atomic E-state index is 0.223. The van der Waals surface area contributed by atoms with Gasteiger partial charge < -0.3 is 0 Å². The van der Waals surface area contributed by atoms with Gasteiger partial charge in [0.1, 0.15) is 6.33 Å². The Morgan fingerprint density at radius 3 is 2.80 bits per heavy atom. The van der Waals surface area contributed by atoms with E-state index in [2.05, 4.69) is 17.1 Å². The predicted molar refractivity (Wildman–Crippen MR) is 37.9 cm³/mol. The molecule has 0 N–H and O–H groups in total. The number of nitrogens with zero attached hydrogens (tertiary/aromatic N) is 3. The van der Waals surface area contributed by atoms with Crippen molar-refractivity contribution in [1.82, 2.24) is 14.8 Å². The van der Waals surface area contributed by atoms with Crippen molar-refractivity contribution in [3.05, 3.63) is 11.6 Å². The van der Waals surface area contributed by atoms with Crippen molar-refractivity contribution in [3.8, 4) is 0 Å². The van der Waals surface area contributed by atoms with Crippen LogP contribution in [0, 0.1) is 0 Å². The first-order valence-electron chi connectivity index (χ1n) is 3.28. The SMILES string of the molecule is CC1(n2cnnc2Cl)CC1. The Balaban J connectivity index is 2.42. The van der Waals surface area contributed by atoms with Gasteiger partial charge in [-0.2, -0.15) is 0 Å².